The van der Waals surface area contributed by atoms with Crippen LogP contribution < -0.4 is 5.32 Å². The number of methoxy groups -OCH3 is 1. The summed E-state index contributed by atoms with van der Waals surface area (Å²) in [5.74, 6) is 2.06. The minimum Gasteiger partial charge on any atom is -0.380 e. The first-order chi connectivity index (χ1) is 6.81. The third-order valence-corrected chi connectivity index (χ3v) is 3.74. The fourth-order valence-corrected chi connectivity index (χ4v) is 2.83. The summed E-state index contributed by atoms with van der Waals surface area (Å²) in [6.07, 6.45) is 1.22. The largest absolute Gasteiger partial charge is 0.380 e. The van der Waals surface area contributed by atoms with Crippen molar-refractivity contribution >= 4 is 17.7 Å². The Balaban J connectivity index is 1.86. The zero-order valence-electron chi connectivity index (χ0n) is 8.36. The summed E-state index contributed by atoms with van der Waals surface area (Å²) in [6, 6.07) is 0.0376. The quantitative estimate of drug-likeness (QED) is 0.699. The molecule has 1 amide bonds. The Labute approximate surface area is 88.4 Å². The molecule has 2 saturated heterocycles. The molecule has 2 fully saturated rings. The lowest BCUT2D eigenvalue weighted by Crippen LogP contribution is -2.44. The number of ether oxygens (including phenoxy) is 1. The zero-order chi connectivity index (χ0) is 9.97. The van der Waals surface area contributed by atoms with Gasteiger partial charge in [0, 0.05) is 31.8 Å². The molecular formula is C9H16N2O2S. The highest BCUT2D eigenvalue weighted by Gasteiger charge is 2.32. The Kier molecular flexibility index (Phi) is 3.30. The molecule has 5 heteroatoms. The van der Waals surface area contributed by atoms with Gasteiger partial charge in [0.1, 0.15) is 0 Å². The van der Waals surface area contributed by atoms with Gasteiger partial charge < -0.3 is 9.64 Å². The van der Waals surface area contributed by atoms with Crippen LogP contribution in [0.3, 0.4) is 0 Å². The molecule has 80 valence electrons. The van der Waals surface area contributed by atoms with Crippen molar-refractivity contribution in [3.8, 4) is 0 Å². The van der Waals surface area contributed by atoms with E-state index in [1.165, 1.54) is 0 Å². The fourth-order valence-electron chi connectivity index (χ4n) is 1.89. The van der Waals surface area contributed by atoms with Crippen LogP contribution >= 0.6 is 11.8 Å². The summed E-state index contributed by atoms with van der Waals surface area (Å²) in [4.78, 5) is 13.8. The minimum absolute atomic E-state index is 0.0376. The topological polar surface area (TPSA) is 41.6 Å². The molecule has 4 nitrogen and oxygen atoms in total. The van der Waals surface area contributed by atoms with Crippen LogP contribution in [0.15, 0.2) is 0 Å². The molecule has 0 saturated carbocycles. The van der Waals surface area contributed by atoms with Crippen molar-refractivity contribution < 1.29 is 9.53 Å². The van der Waals surface area contributed by atoms with E-state index in [1.54, 1.807) is 18.9 Å². The van der Waals surface area contributed by atoms with Gasteiger partial charge in [-0.3, -0.25) is 10.1 Å². The van der Waals surface area contributed by atoms with E-state index < -0.39 is 0 Å². The van der Waals surface area contributed by atoms with Gasteiger partial charge in [0.2, 0.25) is 5.91 Å². The highest BCUT2D eigenvalue weighted by Crippen LogP contribution is 2.17. The van der Waals surface area contributed by atoms with Crippen LogP contribution in [-0.4, -0.2) is 54.8 Å². The van der Waals surface area contributed by atoms with Gasteiger partial charge in [0.15, 0.2) is 0 Å². The number of nitrogens with zero attached hydrogens (tertiary/aromatic N) is 1. The molecule has 0 aliphatic carbocycles. The highest BCUT2D eigenvalue weighted by atomic mass is 32.2. The normalized spacial score (nSPS) is 32.5. The Morgan fingerprint density at radius 3 is 3.07 bits per heavy atom. The Morgan fingerprint density at radius 2 is 2.50 bits per heavy atom. The number of rotatable bonds is 2. The second-order valence-electron chi connectivity index (χ2n) is 3.70. The second-order valence-corrected chi connectivity index (χ2v) is 4.73. The molecular weight excluding hydrogens is 200 g/mol. The molecule has 2 rings (SSSR count). The van der Waals surface area contributed by atoms with E-state index in [9.17, 15) is 4.79 Å². The van der Waals surface area contributed by atoms with Gasteiger partial charge in [-0.15, -0.1) is 11.8 Å². The summed E-state index contributed by atoms with van der Waals surface area (Å²) in [7, 11) is 1.71. The molecule has 14 heavy (non-hydrogen) atoms. The van der Waals surface area contributed by atoms with Crippen molar-refractivity contribution in [1.29, 1.82) is 0 Å². The first-order valence-electron chi connectivity index (χ1n) is 4.94. The number of carbonyl (C=O) groups excluding carboxylic acids is 1. The third kappa shape index (κ3) is 2.04. The number of amides is 1. The van der Waals surface area contributed by atoms with Crippen molar-refractivity contribution in [3.63, 3.8) is 0 Å². The van der Waals surface area contributed by atoms with Crippen molar-refractivity contribution in [2.24, 2.45) is 0 Å². The van der Waals surface area contributed by atoms with E-state index in [-0.39, 0.29) is 18.1 Å². The fraction of sp³-hybridized carbons (Fsp3) is 0.889. The maximum absolute atomic E-state index is 11.9. The Bertz CT molecular complexity index is 219. The van der Waals surface area contributed by atoms with Gasteiger partial charge in [-0.1, -0.05) is 0 Å². The van der Waals surface area contributed by atoms with Crippen molar-refractivity contribution in [2.75, 3.05) is 31.8 Å². The minimum atomic E-state index is 0.0376. The van der Waals surface area contributed by atoms with Gasteiger partial charge in [-0.05, 0) is 6.42 Å². The predicted octanol–water partition coefficient (Wildman–Crippen LogP) is -0.104. The van der Waals surface area contributed by atoms with Gasteiger partial charge in [-0.2, -0.15) is 0 Å². The second kappa shape index (κ2) is 4.51. The van der Waals surface area contributed by atoms with Crippen molar-refractivity contribution in [3.05, 3.63) is 0 Å². The van der Waals surface area contributed by atoms with Crippen molar-refractivity contribution in [1.82, 2.24) is 10.2 Å². The van der Waals surface area contributed by atoms with E-state index >= 15 is 0 Å². The van der Waals surface area contributed by atoms with Crippen LogP contribution in [0.25, 0.3) is 0 Å². The van der Waals surface area contributed by atoms with E-state index in [1.807, 2.05) is 4.90 Å². The van der Waals surface area contributed by atoms with Gasteiger partial charge in [-0.25, -0.2) is 0 Å². The van der Waals surface area contributed by atoms with Crippen LogP contribution in [0.1, 0.15) is 6.42 Å². The molecule has 2 aliphatic rings. The number of hydrogen-bond donors (Lipinski definition) is 1. The lowest BCUT2D eigenvalue weighted by molar-refractivity contribution is -0.132. The summed E-state index contributed by atoms with van der Waals surface area (Å²) >= 11 is 1.79. The summed E-state index contributed by atoms with van der Waals surface area (Å²) < 4.78 is 5.23. The van der Waals surface area contributed by atoms with E-state index in [4.69, 9.17) is 4.74 Å². The molecule has 1 unspecified atom stereocenters. The first-order valence-corrected chi connectivity index (χ1v) is 6.09. The lowest BCUT2D eigenvalue weighted by atomic mass is 10.3. The average Bonchev–Trinajstić information content (AvgIpc) is 2.88. The zero-order valence-corrected chi connectivity index (χ0v) is 9.18. The summed E-state index contributed by atoms with van der Waals surface area (Å²) in [5.41, 5.74) is 0. The maximum atomic E-state index is 11.9. The van der Waals surface area contributed by atoms with E-state index in [0.29, 0.717) is 0 Å². The van der Waals surface area contributed by atoms with E-state index in [0.717, 1.165) is 31.1 Å². The molecule has 0 aromatic carbocycles. The predicted molar refractivity (Wildman–Crippen MR) is 56.2 cm³/mol. The average molecular weight is 216 g/mol. The van der Waals surface area contributed by atoms with Crippen LogP contribution in [0, 0.1) is 0 Å². The van der Waals surface area contributed by atoms with Crippen LogP contribution in [0.4, 0.5) is 0 Å². The summed E-state index contributed by atoms with van der Waals surface area (Å²) in [5, 5.41) is 3.20. The summed E-state index contributed by atoms with van der Waals surface area (Å²) in [6.45, 7) is 1.61. The highest BCUT2D eigenvalue weighted by molar-refractivity contribution is 7.99. The van der Waals surface area contributed by atoms with Gasteiger partial charge in [0.05, 0.1) is 12.1 Å². The van der Waals surface area contributed by atoms with Crippen LogP contribution in [0.5, 0.6) is 0 Å². The molecule has 2 atom stereocenters. The van der Waals surface area contributed by atoms with E-state index in [2.05, 4.69) is 5.32 Å². The molecule has 1 N–H and O–H groups in total. The molecule has 0 aromatic heterocycles. The first kappa shape index (κ1) is 10.3. The molecule has 0 bridgehead atoms. The molecule has 2 aliphatic heterocycles. The van der Waals surface area contributed by atoms with Crippen molar-refractivity contribution in [2.45, 2.75) is 18.6 Å². The number of likely N-dealkylation sites (tertiary alicyclic amines) is 1. The van der Waals surface area contributed by atoms with Crippen LogP contribution in [0.2, 0.25) is 0 Å². The third-order valence-electron chi connectivity index (χ3n) is 2.80. The Morgan fingerprint density at radius 1 is 1.64 bits per heavy atom. The number of nitrogens with one attached hydrogen (secondary N) is 1. The van der Waals surface area contributed by atoms with Crippen LogP contribution in [-0.2, 0) is 9.53 Å². The SMILES string of the molecule is CO[C@@H]1CCN(C(=O)C2CSCN2)C1. The maximum Gasteiger partial charge on any atom is 0.240 e. The van der Waals surface area contributed by atoms with Gasteiger partial charge >= 0.3 is 0 Å². The number of thioether (sulfide) groups is 1. The molecule has 0 spiro atoms. The molecule has 0 aromatic rings. The lowest BCUT2D eigenvalue weighted by Gasteiger charge is -2.19. The molecule has 2 heterocycles. The smallest absolute Gasteiger partial charge is 0.240 e. The Hall–Kier alpha value is -0.260. The standard InChI is InChI=1S/C9H16N2O2S/c1-13-7-2-3-11(4-7)9(12)8-5-14-6-10-8/h7-8,10H,2-6H2,1H3/t7-,8?/m1/s1. The number of hydrogen-bond acceptors (Lipinski definition) is 4. The number of carbonyl (C=O) groups is 1. The van der Waals surface area contributed by atoms with Gasteiger partial charge in [0.25, 0.3) is 0 Å². The molecule has 0 radical (unpaired) electrons. The monoisotopic (exact) mass is 216 g/mol.